The van der Waals surface area contributed by atoms with E-state index in [-0.39, 0.29) is 62.4 Å². The van der Waals surface area contributed by atoms with E-state index < -0.39 is 10.1 Å². The van der Waals surface area contributed by atoms with Gasteiger partial charge in [-0.05, 0) is 36.6 Å². The standard InChI is InChI=1S/C23H32N2O3S.K/c1-2-3-4-5-6-7-11-14-23-24-21-17-20(29(26,27)28)15-16-22(21)25(23)18-19-12-9-8-10-13-19;/h8-10,12-13,15-17,23-24H,2-7,11,14,18H2,1H3,(H,26,27,28);/q;+1/p-1. The molecule has 1 aliphatic heterocycles. The largest absolute Gasteiger partial charge is 1.00 e. The Morgan fingerprint density at radius 2 is 1.63 bits per heavy atom. The van der Waals surface area contributed by atoms with E-state index in [1.165, 1.54) is 56.2 Å². The van der Waals surface area contributed by atoms with Crippen LogP contribution in [-0.4, -0.2) is 19.1 Å². The molecule has 0 fully saturated rings. The van der Waals surface area contributed by atoms with Crippen molar-refractivity contribution in [2.75, 3.05) is 10.2 Å². The summed E-state index contributed by atoms with van der Waals surface area (Å²) < 4.78 is 34.2. The number of benzene rings is 2. The summed E-state index contributed by atoms with van der Waals surface area (Å²) in [4.78, 5) is 2.10. The number of nitrogens with zero attached hydrogens (tertiary/aromatic N) is 1. The van der Waals surface area contributed by atoms with Crippen molar-refractivity contribution in [2.24, 2.45) is 0 Å². The normalized spacial score (nSPS) is 15.4. The molecule has 2 aromatic carbocycles. The number of nitrogens with one attached hydrogen (secondary N) is 1. The average Bonchev–Trinajstić information content (AvgIpc) is 3.04. The van der Waals surface area contributed by atoms with Gasteiger partial charge < -0.3 is 14.8 Å². The molecule has 30 heavy (non-hydrogen) atoms. The van der Waals surface area contributed by atoms with Crippen LogP contribution in [0.1, 0.15) is 63.9 Å². The molecule has 0 bridgehead atoms. The van der Waals surface area contributed by atoms with Crippen molar-refractivity contribution in [3.8, 4) is 0 Å². The fourth-order valence-electron chi connectivity index (χ4n) is 3.96. The molecule has 1 heterocycles. The molecule has 5 nitrogen and oxygen atoms in total. The smallest absolute Gasteiger partial charge is 0.744 e. The second kappa shape index (κ2) is 12.6. The number of hydrogen-bond donors (Lipinski definition) is 1. The molecule has 3 rings (SSSR count). The zero-order chi connectivity index (χ0) is 20.7. The molecule has 1 unspecified atom stereocenters. The summed E-state index contributed by atoms with van der Waals surface area (Å²) in [6.45, 7) is 2.97. The van der Waals surface area contributed by atoms with Gasteiger partial charge in [-0.25, -0.2) is 8.42 Å². The topological polar surface area (TPSA) is 72.5 Å². The van der Waals surface area contributed by atoms with Crippen LogP contribution in [0.4, 0.5) is 11.4 Å². The molecule has 1 aliphatic rings. The van der Waals surface area contributed by atoms with Crippen molar-refractivity contribution < 1.29 is 64.4 Å². The Bertz CT molecular complexity index is 891. The third-order valence-corrected chi connectivity index (χ3v) is 6.37. The fraction of sp³-hybridized carbons (Fsp3) is 0.478. The van der Waals surface area contributed by atoms with E-state index in [2.05, 4.69) is 29.3 Å². The molecule has 0 spiro atoms. The Kier molecular flexibility index (Phi) is 10.8. The third-order valence-electron chi connectivity index (χ3n) is 5.54. The predicted molar refractivity (Wildman–Crippen MR) is 117 cm³/mol. The van der Waals surface area contributed by atoms with Gasteiger partial charge in [0.25, 0.3) is 0 Å². The molecular formula is C23H31KN2O3S. The third kappa shape index (κ3) is 7.33. The molecular weight excluding hydrogens is 423 g/mol. The van der Waals surface area contributed by atoms with Crippen LogP contribution in [-0.2, 0) is 16.7 Å². The van der Waals surface area contributed by atoms with Crippen LogP contribution in [0.2, 0.25) is 0 Å². The maximum Gasteiger partial charge on any atom is 1.00 e. The van der Waals surface area contributed by atoms with E-state index in [4.69, 9.17) is 0 Å². The van der Waals surface area contributed by atoms with Gasteiger partial charge in [-0.2, -0.15) is 0 Å². The monoisotopic (exact) mass is 454 g/mol. The first-order valence-electron chi connectivity index (χ1n) is 10.7. The van der Waals surface area contributed by atoms with E-state index >= 15 is 0 Å². The Balaban J connectivity index is 0.00000320. The molecule has 0 saturated carbocycles. The van der Waals surface area contributed by atoms with Crippen LogP contribution in [0.5, 0.6) is 0 Å². The first kappa shape index (κ1) is 25.8. The average molecular weight is 455 g/mol. The van der Waals surface area contributed by atoms with Gasteiger partial charge in [-0.3, -0.25) is 0 Å². The van der Waals surface area contributed by atoms with Crippen LogP contribution in [0.25, 0.3) is 0 Å². The fourth-order valence-corrected chi connectivity index (χ4v) is 4.46. The maximum atomic E-state index is 11.4. The minimum absolute atomic E-state index is 0. The maximum absolute atomic E-state index is 11.4. The van der Waals surface area contributed by atoms with Gasteiger partial charge in [0.05, 0.1) is 22.4 Å². The summed E-state index contributed by atoms with van der Waals surface area (Å²) in [5.74, 6) is 0. The quantitative estimate of drug-likeness (QED) is 0.321. The van der Waals surface area contributed by atoms with Crippen molar-refractivity contribution >= 4 is 21.5 Å². The summed E-state index contributed by atoms with van der Waals surface area (Å²) >= 11 is 0. The summed E-state index contributed by atoms with van der Waals surface area (Å²) in [5.41, 5.74) is 2.88. The van der Waals surface area contributed by atoms with Crippen LogP contribution in [0.15, 0.2) is 53.4 Å². The van der Waals surface area contributed by atoms with Crippen molar-refractivity contribution in [3.05, 3.63) is 54.1 Å². The zero-order valence-electron chi connectivity index (χ0n) is 18.1. The SMILES string of the molecule is CCCCCCCCCC1Nc2cc(S(=O)(=O)[O-])ccc2N1Cc1ccccc1.[K+]. The van der Waals surface area contributed by atoms with Crippen molar-refractivity contribution in [1.82, 2.24) is 0 Å². The number of fused-ring (bicyclic) bond motifs is 1. The Morgan fingerprint density at radius 1 is 0.967 bits per heavy atom. The summed E-state index contributed by atoms with van der Waals surface area (Å²) in [6, 6.07) is 14.9. The summed E-state index contributed by atoms with van der Waals surface area (Å²) in [5, 5.41) is 3.45. The van der Waals surface area contributed by atoms with Crippen molar-refractivity contribution in [3.63, 3.8) is 0 Å². The van der Waals surface area contributed by atoms with Gasteiger partial charge in [0, 0.05) is 6.54 Å². The van der Waals surface area contributed by atoms with Crippen molar-refractivity contribution in [2.45, 2.75) is 75.9 Å². The molecule has 0 radical (unpaired) electrons. The molecule has 0 saturated heterocycles. The van der Waals surface area contributed by atoms with Crippen LogP contribution < -0.4 is 61.6 Å². The van der Waals surface area contributed by atoms with E-state index in [0.29, 0.717) is 0 Å². The summed E-state index contributed by atoms with van der Waals surface area (Å²) in [6.07, 6.45) is 9.86. The van der Waals surface area contributed by atoms with Crippen molar-refractivity contribution in [1.29, 1.82) is 0 Å². The molecule has 1 atom stereocenters. The minimum atomic E-state index is -4.46. The number of unbranched alkanes of at least 4 members (excludes halogenated alkanes) is 6. The van der Waals surface area contributed by atoms with E-state index in [0.717, 1.165) is 30.8 Å². The number of rotatable bonds is 11. The minimum Gasteiger partial charge on any atom is -0.744 e. The van der Waals surface area contributed by atoms with E-state index in [1.54, 1.807) is 6.07 Å². The van der Waals surface area contributed by atoms with E-state index in [1.807, 2.05) is 18.2 Å². The van der Waals surface area contributed by atoms with Gasteiger partial charge in [-0.15, -0.1) is 0 Å². The molecule has 158 valence electrons. The van der Waals surface area contributed by atoms with Gasteiger partial charge in [0.1, 0.15) is 10.1 Å². The first-order valence-corrected chi connectivity index (χ1v) is 12.1. The predicted octanol–water partition coefficient (Wildman–Crippen LogP) is 2.49. The Hall–Kier alpha value is -0.414. The van der Waals surface area contributed by atoms with Gasteiger partial charge in [0.2, 0.25) is 0 Å². The molecule has 1 N–H and O–H groups in total. The number of hydrogen-bond acceptors (Lipinski definition) is 5. The first-order chi connectivity index (χ1) is 14.0. The Morgan fingerprint density at radius 3 is 2.30 bits per heavy atom. The van der Waals surface area contributed by atoms with Crippen LogP contribution in [0.3, 0.4) is 0 Å². The van der Waals surface area contributed by atoms with Crippen LogP contribution >= 0.6 is 0 Å². The molecule has 0 aromatic heterocycles. The van der Waals surface area contributed by atoms with Crippen LogP contribution in [0, 0.1) is 0 Å². The molecule has 0 amide bonds. The zero-order valence-corrected chi connectivity index (χ0v) is 22.1. The summed E-state index contributed by atoms with van der Waals surface area (Å²) in [7, 11) is -4.46. The van der Waals surface area contributed by atoms with Gasteiger partial charge in [-0.1, -0.05) is 75.8 Å². The molecule has 7 heteroatoms. The van der Waals surface area contributed by atoms with Gasteiger partial charge >= 0.3 is 51.4 Å². The Labute approximate surface area is 223 Å². The second-order valence-electron chi connectivity index (χ2n) is 7.82. The molecule has 0 aliphatic carbocycles. The number of anilines is 2. The van der Waals surface area contributed by atoms with Gasteiger partial charge in [0.15, 0.2) is 0 Å². The van der Waals surface area contributed by atoms with E-state index in [9.17, 15) is 13.0 Å². The second-order valence-corrected chi connectivity index (χ2v) is 9.20. The molecule has 2 aromatic rings.